The molecule has 0 radical (unpaired) electrons. The van der Waals surface area contributed by atoms with E-state index in [0.717, 1.165) is 25.0 Å². The largest absolute Gasteiger partial charge is 0.394 e. The molecule has 4 saturated heterocycles. The van der Waals surface area contributed by atoms with Crippen LogP contribution in [0.3, 0.4) is 0 Å². The number of unbranched alkanes of at least 4 members (excludes halogenated alkanes) is 3. The van der Waals surface area contributed by atoms with Crippen molar-refractivity contribution in [1.29, 1.82) is 0 Å². The van der Waals surface area contributed by atoms with Gasteiger partial charge in [-0.05, 0) is 44.1 Å². The van der Waals surface area contributed by atoms with E-state index in [-0.39, 0.29) is 77.5 Å². The molecule has 1 unspecified atom stereocenters. The maximum absolute atomic E-state index is 11.9. The molecule has 43 nitrogen and oxygen atoms in total. The molecule has 0 bridgehead atoms. The lowest BCUT2D eigenvalue weighted by molar-refractivity contribution is -0.284. The number of amides is 3. The minimum absolute atomic E-state index is 0.0107. The third kappa shape index (κ3) is 27.8. The normalized spacial score (nSPS) is 28.8. The van der Waals surface area contributed by atoms with Crippen molar-refractivity contribution in [3.8, 4) is 0 Å². The number of carbonyl (C=O) groups excluding carboxylic acids is 3. The molecular formula is C69H119N17O26. The molecule has 4 aliphatic heterocycles. The number of aromatic nitrogens is 12. The van der Waals surface area contributed by atoms with Crippen LogP contribution in [0.1, 0.15) is 110 Å². The van der Waals surface area contributed by atoms with Gasteiger partial charge in [-0.15, -0.1) is 20.4 Å². The van der Waals surface area contributed by atoms with Crippen molar-refractivity contribution in [3.63, 3.8) is 0 Å². The molecule has 0 aliphatic carbocycles. The number of hydrogen-bond donors (Lipinski definition) is 15. The third-order valence-electron chi connectivity index (χ3n) is 19.7. The maximum atomic E-state index is 11.9. The summed E-state index contributed by atoms with van der Waals surface area (Å²) in [4.78, 5) is 40.3. The predicted molar refractivity (Wildman–Crippen MR) is 384 cm³/mol. The predicted octanol–water partition coefficient (Wildman–Crippen LogP) is -6.47. The Kier molecular flexibility index (Phi) is 37.6. The average Bonchev–Trinajstić information content (AvgIpc) is 1.59. The summed E-state index contributed by atoms with van der Waals surface area (Å²) < 4.78 is 70.4. The molecule has 0 spiro atoms. The fourth-order valence-corrected chi connectivity index (χ4v) is 13.7. The summed E-state index contributed by atoms with van der Waals surface area (Å²) in [7, 11) is 0. The van der Waals surface area contributed by atoms with Crippen molar-refractivity contribution in [1.82, 2.24) is 85.7 Å². The van der Waals surface area contributed by atoms with Gasteiger partial charge in [-0.25, -0.2) is 14.0 Å². The van der Waals surface area contributed by atoms with Gasteiger partial charge in [0.1, 0.15) is 85.3 Å². The summed E-state index contributed by atoms with van der Waals surface area (Å²) in [6, 6.07) is -3.28. The van der Waals surface area contributed by atoms with Crippen molar-refractivity contribution in [2.24, 2.45) is 11.3 Å². The number of hydrogen-bond acceptors (Lipinski definition) is 36. The molecule has 4 aromatic heterocycles. The molecule has 4 aliphatic rings. The van der Waals surface area contributed by atoms with Crippen LogP contribution in [0.5, 0.6) is 0 Å². The maximum Gasteiger partial charge on any atom is 0.217 e. The van der Waals surface area contributed by atoms with Crippen LogP contribution in [-0.4, -0.2) is 370 Å². The van der Waals surface area contributed by atoms with Gasteiger partial charge in [0, 0.05) is 96.8 Å². The Balaban J connectivity index is 0.898. The zero-order valence-electron chi connectivity index (χ0n) is 64.8. The topological polar surface area (TPSA) is 561 Å². The van der Waals surface area contributed by atoms with Crippen LogP contribution in [0.2, 0.25) is 0 Å². The first-order valence-corrected chi connectivity index (χ1v) is 38.2. The van der Waals surface area contributed by atoms with Crippen LogP contribution < -0.4 is 16.0 Å². The Labute approximate surface area is 648 Å². The lowest BCUT2D eigenvalue weighted by atomic mass is 9.82. The van der Waals surface area contributed by atoms with Crippen LogP contribution >= 0.6 is 0 Å². The van der Waals surface area contributed by atoms with E-state index in [1.54, 1.807) is 25.7 Å². The van der Waals surface area contributed by atoms with Crippen LogP contribution in [0.4, 0.5) is 0 Å². The highest BCUT2D eigenvalue weighted by Gasteiger charge is 2.49. The zero-order valence-corrected chi connectivity index (χ0v) is 64.8. The second-order valence-corrected chi connectivity index (χ2v) is 29.6. The van der Waals surface area contributed by atoms with Gasteiger partial charge >= 0.3 is 0 Å². The van der Waals surface area contributed by atoms with Crippen molar-refractivity contribution in [3.05, 3.63) is 47.6 Å². The number of aliphatic hydroxyl groups excluding tert-OH is 12. The highest BCUT2D eigenvalue weighted by molar-refractivity contribution is 5.74. The number of aryl methyl sites for hydroxylation is 1. The molecule has 636 valence electrons. The molecule has 0 aromatic carbocycles. The van der Waals surface area contributed by atoms with E-state index < -0.39 is 167 Å². The molecule has 8 rings (SSSR count). The van der Waals surface area contributed by atoms with E-state index in [0.29, 0.717) is 95.2 Å². The lowest BCUT2D eigenvalue weighted by Crippen LogP contribution is -2.64. The number of nitrogens with one attached hydrogen (secondary N) is 3. The standard InChI is InChI=1S/C69H119N17O26/c1-41-57(94)58(95)49(37-87)109-65(41)106-26-23-102-22-18-86-36-48(76-80-86)32-82(31-47-35-83(77-75-47)15-10-8-12-19-105-66-54(70-42(2)91)62(99)59(96)50(38-88)110-66)53(69(5,6)7)13-9-11-14-81(29-45-33-84(78-73-45)16-20-103-24-27-107-67-55(71-43(3)92)63(100)60(97)51(39-89)111-67)30-46-34-85(79-74-46)17-21-104-25-28-108-68-56(72-44(4)93)64(101)61(98)52(40-90)112-68/h33-36,41,49-68,87-90,94-101H,8-32,37-40H2,1-7H3,(H,70,91)(H,71,92)(H,72,93)/t41-,49-,50-,51-,52-,53?,54-,55-,56-,57-,58+,59+,60+,61+,62-,63-,64-,65-,66-,67-,68-/m1/s1. The summed E-state index contributed by atoms with van der Waals surface area (Å²) >= 11 is 0. The van der Waals surface area contributed by atoms with E-state index in [1.165, 1.54) is 20.8 Å². The molecule has 4 fully saturated rings. The second kappa shape index (κ2) is 46.1. The molecular weight excluding hydrogens is 1480 g/mol. The van der Waals surface area contributed by atoms with Gasteiger partial charge in [-0.3, -0.25) is 28.9 Å². The van der Waals surface area contributed by atoms with E-state index in [9.17, 15) is 75.7 Å². The van der Waals surface area contributed by atoms with Gasteiger partial charge in [-0.2, -0.15) is 0 Å². The van der Waals surface area contributed by atoms with Crippen molar-refractivity contribution in [2.45, 2.75) is 262 Å². The Morgan fingerprint density at radius 3 is 1.13 bits per heavy atom. The van der Waals surface area contributed by atoms with E-state index in [1.807, 2.05) is 24.8 Å². The molecule has 8 heterocycles. The highest BCUT2D eigenvalue weighted by Crippen LogP contribution is 2.33. The summed E-state index contributed by atoms with van der Waals surface area (Å²) in [5, 5.41) is 166. The summed E-state index contributed by atoms with van der Waals surface area (Å²) in [6.45, 7) is 15.0. The van der Waals surface area contributed by atoms with E-state index >= 15 is 0 Å². The molecule has 0 saturated carbocycles. The Morgan fingerprint density at radius 1 is 0.429 bits per heavy atom. The number of ether oxygens (including phenoxy) is 11. The smallest absolute Gasteiger partial charge is 0.217 e. The first kappa shape index (κ1) is 91.5. The van der Waals surface area contributed by atoms with Crippen LogP contribution in [0.25, 0.3) is 0 Å². The van der Waals surface area contributed by atoms with Crippen molar-refractivity contribution in [2.75, 3.05) is 99.0 Å². The number of aliphatic hydroxyl groups is 12. The summed E-state index contributed by atoms with van der Waals surface area (Å²) in [6.07, 6.45) is -7.94. The average molecular weight is 1600 g/mol. The monoisotopic (exact) mass is 1600 g/mol. The Morgan fingerprint density at radius 2 is 0.768 bits per heavy atom. The summed E-state index contributed by atoms with van der Waals surface area (Å²) in [5.41, 5.74) is 2.48. The second-order valence-electron chi connectivity index (χ2n) is 29.6. The third-order valence-corrected chi connectivity index (χ3v) is 19.7. The minimum atomic E-state index is -1.46. The van der Waals surface area contributed by atoms with Crippen LogP contribution in [0, 0.1) is 11.3 Å². The minimum Gasteiger partial charge on any atom is -0.394 e. The van der Waals surface area contributed by atoms with Gasteiger partial charge in [0.25, 0.3) is 0 Å². The SMILES string of the molecule is CC(=O)N[C@H]1[C@H](OCCCCCn2cc(CN(Cc3cn(CCOCCO[C@@H]4O[C@H](CO)[C@H](O)[C@H](O)[C@H]4C)nn3)C(CCCCN(Cc3cn(CCOCCO[C@@H]4O[C@H](CO)[C@H](O)[C@H](O)[C@H]4NC(C)=O)nn3)Cc3cn(CCOCCO[C@@H]4O[C@H](CO)[C@H](O)[C@H](O)[C@H]4NC(C)=O)nn3)C(C)(C)C)nn2)O[C@H](CO)[C@H](O)[C@@H]1O. The van der Waals surface area contributed by atoms with Crippen LogP contribution in [0.15, 0.2) is 24.8 Å². The fourth-order valence-electron chi connectivity index (χ4n) is 13.7. The first-order chi connectivity index (χ1) is 53.7. The van der Waals surface area contributed by atoms with Crippen molar-refractivity contribution < 1.29 is 128 Å². The van der Waals surface area contributed by atoms with E-state index in [2.05, 4.69) is 87.8 Å². The van der Waals surface area contributed by atoms with Gasteiger partial charge in [0.15, 0.2) is 25.2 Å². The summed E-state index contributed by atoms with van der Waals surface area (Å²) in [5.74, 6) is -1.95. The molecule has 4 aromatic rings. The van der Waals surface area contributed by atoms with E-state index in [4.69, 9.17) is 52.1 Å². The molecule has 21 atom stereocenters. The van der Waals surface area contributed by atoms with Gasteiger partial charge in [-0.1, -0.05) is 55.0 Å². The molecule has 43 heteroatoms. The van der Waals surface area contributed by atoms with Gasteiger partial charge in [0.05, 0.1) is 134 Å². The molecule has 112 heavy (non-hydrogen) atoms. The van der Waals surface area contributed by atoms with Gasteiger partial charge < -0.3 is 129 Å². The molecule has 15 N–H and O–H groups in total. The highest BCUT2D eigenvalue weighted by atomic mass is 16.7. The number of rotatable bonds is 49. The van der Waals surface area contributed by atoms with Crippen molar-refractivity contribution >= 4 is 17.7 Å². The lowest BCUT2D eigenvalue weighted by Gasteiger charge is -2.42. The molecule has 3 amide bonds. The fraction of sp³-hybridized carbons (Fsp3) is 0.841. The Bertz CT molecular complexity index is 3250. The quantitative estimate of drug-likeness (QED) is 0.0183. The first-order valence-electron chi connectivity index (χ1n) is 38.2. The number of nitrogens with zero attached hydrogens (tertiary/aromatic N) is 14. The van der Waals surface area contributed by atoms with Crippen LogP contribution in [-0.2, 0) is 119 Å². The zero-order chi connectivity index (χ0) is 81.0. The Hall–Kier alpha value is -6.03. The number of carbonyl (C=O) groups is 3. The van der Waals surface area contributed by atoms with Gasteiger partial charge in [0.2, 0.25) is 17.7 Å².